The lowest BCUT2D eigenvalue weighted by Crippen LogP contribution is -3.11. The molecular weight excluding hydrogens is 374 g/mol. The monoisotopic (exact) mass is 402 g/mol. The van der Waals surface area contributed by atoms with Crippen LogP contribution >= 0.6 is 23.8 Å². The number of halogens is 1. The molecule has 0 aliphatic carbocycles. The van der Waals surface area contributed by atoms with Crippen molar-refractivity contribution in [1.82, 2.24) is 5.32 Å². The number of hydrogen-bond acceptors (Lipinski definition) is 1. The fourth-order valence-corrected chi connectivity index (χ4v) is 4.35. The van der Waals surface area contributed by atoms with E-state index in [-0.39, 0.29) is 0 Å². The Bertz CT molecular complexity index is 777. The SMILES string of the molecule is Cc1cc(C)c(NC(=S)NCc2ccccc2C[NH+]2CCCCC2)c(Cl)c1. The molecule has 0 amide bonds. The van der Waals surface area contributed by atoms with E-state index >= 15 is 0 Å². The van der Waals surface area contributed by atoms with Gasteiger partial charge in [-0.05, 0) is 68.1 Å². The standard InChI is InChI=1S/C22H28ClN3S/c1-16-12-17(2)21(20(23)13-16)25-22(27)24-14-18-8-4-5-9-19(18)15-26-10-6-3-7-11-26/h4-5,8-9,12-13H,3,6-7,10-11,14-15H2,1-2H3,(H2,24,25,27)/p+1. The normalized spacial score (nSPS) is 14.8. The maximum atomic E-state index is 6.38. The van der Waals surface area contributed by atoms with Crippen LogP contribution in [0.3, 0.4) is 0 Å². The Morgan fingerprint density at radius 2 is 1.78 bits per heavy atom. The molecule has 5 heteroatoms. The number of anilines is 1. The van der Waals surface area contributed by atoms with Gasteiger partial charge in [0.2, 0.25) is 0 Å². The summed E-state index contributed by atoms with van der Waals surface area (Å²) < 4.78 is 0. The summed E-state index contributed by atoms with van der Waals surface area (Å²) in [7, 11) is 0. The molecule has 1 fully saturated rings. The highest BCUT2D eigenvalue weighted by molar-refractivity contribution is 7.80. The smallest absolute Gasteiger partial charge is 0.171 e. The first kappa shape index (κ1) is 20.1. The molecule has 3 nitrogen and oxygen atoms in total. The van der Waals surface area contributed by atoms with Gasteiger partial charge >= 0.3 is 0 Å². The molecule has 0 unspecified atom stereocenters. The van der Waals surface area contributed by atoms with Gasteiger partial charge in [-0.15, -0.1) is 0 Å². The molecule has 1 aliphatic rings. The minimum absolute atomic E-state index is 0.601. The third-order valence-electron chi connectivity index (χ3n) is 5.23. The average molecular weight is 403 g/mol. The third-order valence-corrected chi connectivity index (χ3v) is 5.77. The molecule has 0 radical (unpaired) electrons. The van der Waals surface area contributed by atoms with Crippen LogP contribution in [-0.2, 0) is 13.1 Å². The molecule has 0 spiro atoms. The van der Waals surface area contributed by atoms with Crippen molar-refractivity contribution in [2.24, 2.45) is 0 Å². The summed E-state index contributed by atoms with van der Waals surface area (Å²) in [5.74, 6) is 0. The number of aryl methyl sites for hydroxylation is 2. The van der Waals surface area contributed by atoms with Crippen molar-refractivity contribution < 1.29 is 4.90 Å². The van der Waals surface area contributed by atoms with Gasteiger partial charge < -0.3 is 15.5 Å². The van der Waals surface area contributed by atoms with Crippen molar-refractivity contribution in [2.75, 3.05) is 18.4 Å². The Morgan fingerprint density at radius 3 is 2.48 bits per heavy atom. The molecule has 0 saturated carbocycles. The van der Waals surface area contributed by atoms with E-state index in [1.54, 1.807) is 4.90 Å². The molecule has 0 bridgehead atoms. The molecule has 1 heterocycles. The Kier molecular flexibility index (Phi) is 7.11. The van der Waals surface area contributed by atoms with Crippen LogP contribution in [0.25, 0.3) is 0 Å². The second-order valence-electron chi connectivity index (χ2n) is 7.50. The predicted molar refractivity (Wildman–Crippen MR) is 119 cm³/mol. The summed E-state index contributed by atoms with van der Waals surface area (Å²) in [6, 6.07) is 12.7. The van der Waals surface area contributed by atoms with Crippen molar-refractivity contribution in [3.63, 3.8) is 0 Å². The Morgan fingerprint density at radius 1 is 1.07 bits per heavy atom. The van der Waals surface area contributed by atoms with E-state index in [1.807, 2.05) is 19.9 Å². The highest BCUT2D eigenvalue weighted by Gasteiger charge is 2.15. The fourth-order valence-electron chi connectivity index (χ4n) is 3.81. The Labute approximate surface area is 173 Å². The second kappa shape index (κ2) is 9.54. The number of piperidine rings is 1. The topological polar surface area (TPSA) is 28.5 Å². The number of hydrogen-bond donors (Lipinski definition) is 3. The van der Waals surface area contributed by atoms with Gasteiger partial charge in [0.1, 0.15) is 6.54 Å². The van der Waals surface area contributed by atoms with Crippen LogP contribution in [0, 0.1) is 13.8 Å². The van der Waals surface area contributed by atoms with E-state index in [4.69, 9.17) is 23.8 Å². The minimum Gasteiger partial charge on any atom is -0.358 e. The Balaban J connectivity index is 1.60. The lowest BCUT2D eigenvalue weighted by molar-refractivity contribution is -0.918. The average Bonchev–Trinajstić information content (AvgIpc) is 2.65. The summed E-state index contributed by atoms with van der Waals surface area (Å²) in [4.78, 5) is 1.69. The van der Waals surface area contributed by atoms with Crippen molar-refractivity contribution in [3.05, 3.63) is 63.7 Å². The van der Waals surface area contributed by atoms with Gasteiger partial charge in [0.15, 0.2) is 5.11 Å². The predicted octanol–water partition coefficient (Wildman–Crippen LogP) is 4.01. The lowest BCUT2D eigenvalue weighted by atomic mass is 10.0. The van der Waals surface area contributed by atoms with Crippen molar-refractivity contribution in [2.45, 2.75) is 46.2 Å². The van der Waals surface area contributed by atoms with Gasteiger partial charge in [0.25, 0.3) is 0 Å². The molecule has 27 heavy (non-hydrogen) atoms. The third kappa shape index (κ3) is 5.68. The zero-order chi connectivity index (χ0) is 19.2. The summed E-state index contributed by atoms with van der Waals surface area (Å²) in [5.41, 5.74) is 5.85. The quantitative estimate of drug-likeness (QED) is 0.660. The number of benzene rings is 2. The van der Waals surface area contributed by atoms with E-state index in [0.717, 1.165) is 29.9 Å². The first-order chi connectivity index (χ1) is 13.0. The van der Waals surface area contributed by atoms with Gasteiger partial charge in [0.05, 0.1) is 23.8 Å². The van der Waals surface area contributed by atoms with Crippen LogP contribution in [0.15, 0.2) is 36.4 Å². The Hall–Kier alpha value is -1.62. The zero-order valence-corrected chi connectivity index (χ0v) is 17.8. The van der Waals surface area contributed by atoms with Gasteiger partial charge in [-0.2, -0.15) is 0 Å². The minimum atomic E-state index is 0.601. The van der Waals surface area contributed by atoms with Crippen LogP contribution in [0.2, 0.25) is 5.02 Å². The molecule has 3 rings (SSSR count). The second-order valence-corrected chi connectivity index (χ2v) is 8.32. The number of thiocarbonyl (C=S) groups is 1. The molecule has 2 aromatic rings. The molecule has 1 aliphatic heterocycles. The first-order valence-corrected chi connectivity index (χ1v) is 10.5. The number of rotatable bonds is 5. The van der Waals surface area contributed by atoms with Crippen molar-refractivity contribution in [1.29, 1.82) is 0 Å². The molecule has 3 N–H and O–H groups in total. The number of nitrogens with one attached hydrogen (secondary N) is 3. The summed E-state index contributed by atoms with van der Waals surface area (Å²) in [6.45, 7) is 8.47. The highest BCUT2D eigenvalue weighted by atomic mass is 35.5. The first-order valence-electron chi connectivity index (χ1n) is 9.75. The zero-order valence-electron chi connectivity index (χ0n) is 16.2. The van der Waals surface area contributed by atoms with E-state index in [1.165, 1.54) is 43.5 Å². The molecule has 2 aromatic carbocycles. The van der Waals surface area contributed by atoms with Gasteiger partial charge in [-0.1, -0.05) is 41.9 Å². The maximum Gasteiger partial charge on any atom is 0.171 e. The number of quaternary nitrogens is 1. The van der Waals surface area contributed by atoms with Crippen LogP contribution in [0.4, 0.5) is 5.69 Å². The van der Waals surface area contributed by atoms with Crippen LogP contribution in [-0.4, -0.2) is 18.2 Å². The fraction of sp³-hybridized carbons (Fsp3) is 0.409. The van der Waals surface area contributed by atoms with Crippen LogP contribution in [0.1, 0.15) is 41.5 Å². The van der Waals surface area contributed by atoms with Crippen LogP contribution in [0.5, 0.6) is 0 Å². The summed E-state index contributed by atoms with van der Waals surface area (Å²) >= 11 is 11.9. The summed E-state index contributed by atoms with van der Waals surface area (Å²) in [6.07, 6.45) is 4.08. The molecule has 0 aromatic heterocycles. The van der Waals surface area contributed by atoms with Gasteiger partial charge in [0, 0.05) is 12.1 Å². The van der Waals surface area contributed by atoms with E-state index in [2.05, 4.69) is 41.0 Å². The largest absolute Gasteiger partial charge is 0.358 e. The maximum absolute atomic E-state index is 6.38. The highest BCUT2D eigenvalue weighted by Crippen LogP contribution is 2.27. The molecule has 1 saturated heterocycles. The molecule has 144 valence electrons. The van der Waals surface area contributed by atoms with Crippen LogP contribution < -0.4 is 15.5 Å². The summed E-state index contributed by atoms with van der Waals surface area (Å²) in [5, 5.41) is 7.91. The van der Waals surface area contributed by atoms with Crippen molar-refractivity contribution >= 4 is 34.6 Å². The molecule has 0 atom stereocenters. The lowest BCUT2D eigenvalue weighted by Gasteiger charge is -2.24. The molecular formula is C22H29ClN3S+. The van der Waals surface area contributed by atoms with Crippen molar-refractivity contribution in [3.8, 4) is 0 Å². The van der Waals surface area contributed by atoms with Gasteiger partial charge in [-0.3, -0.25) is 0 Å². The van der Waals surface area contributed by atoms with E-state index in [0.29, 0.717) is 10.1 Å². The number of likely N-dealkylation sites (tertiary alicyclic amines) is 1. The van der Waals surface area contributed by atoms with Gasteiger partial charge in [-0.25, -0.2) is 0 Å². The van der Waals surface area contributed by atoms with E-state index in [9.17, 15) is 0 Å². The van der Waals surface area contributed by atoms with E-state index < -0.39 is 0 Å².